The Labute approximate surface area is 178 Å². The lowest BCUT2D eigenvalue weighted by atomic mass is 10.1. The van der Waals surface area contributed by atoms with Crippen molar-refractivity contribution >= 4 is 51.9 Å². The minimum atomic E-state index is -0.533. The number of hydrogen-bond acceptors (Lipinski definition) is 6. The first-order valence-electron chi connectivity index (χ1n) is 8.48. The van der Waals surface area contributed by atoms with E-state index >= 15 is 0 Å². The van der Waals surface area contributed by atoms with Crippen molar-refractivity contribution in [2.75, 3.05) is 0 Å². The van der Waals surface area contributed by atoms with Crippen LogP contribution in [-0.2, 0) is 4.79 Å². The molecule has 0 bridgehead atoms. The van der Waals surface area contributed by atoms with Crippen LogP contribution in [0.3, 0.4) is 0 Å². The zero-order valence-corrected chi connectivity index (χ0v) is 16.5. The molecule has 0 atom stereocenters. The summed E-state index contributed by atoms with van der Waals surface area (Å²) in [6.07, 6.45) is 1.55. The lowest BCUT2D eigenvalue weighted by molar-refractivity contribution is -0.384. The van der Waals surface area contributed by atoms with Gasteiger partial charge in [-0.2, -0.15) is 0 Å². The number of thioether (sulfide) groups is 1. The summed E-state index contributed by atoms with van der Waals surface area (Å²) < 4.78 is 18.7. The van der Waals surface area contributed by atoms with Crippen LogP contribution in [-0.4, -0.2) is 16.0 Å². The lowest BCUT2D eigenvalue weighted by Crippen LogP contribution is -2.19. The van der Waals surface area contributed by atoms with Gasteiger partial charge in [0, 0.05) is 23.8 Å². The van der Waals surface area contributed by atoms with Gasteiger partial charge in [0.2, 0.25) is 0 Å². The highest BCUT2D eigenvalue weighted by Gasteiger charge is 2.24. The molecule has 150 valence electrons. The van der Waals surface area contributed by atoms with Crippen LogP contribution in [0.2, 0.25) is 5.02 Å². The molecule has 1 N–H and O–H groups in total. The van der Waals surface area contributed by atoms with E-state index in [-0.39, 0.29) is 22.4 Å². The summed E-state index contributed by atoms with van der Waals surface area (Å²) in [5.74, 6) is 0.0991. The maximum Gasteiger partial charge on any atom is 0.270 e. The molecule has 0 spiro atoms. The van der Waals surface area contributed by atoms with Gasteiger partial charge in [0.1, 0.15) is 17.3 Å². The summed E-state index contributed by atoms with van der Waals surface area (Å²) in [5, 5.41) is 14.0. The Bertz CT molecular complexity index is 1220. The molecule has 0 unspecified atom stereocenters. The molecular weight excluding hydrogens is 433 g/mol. The van der Waals surface area contributed by atoms with E-state index in [2.05, 4.69) is 10.3 Å². The molecule has 1 aliphatic heterocycles. The molecule has 7 nitrogen and oxygen atoms in total. The van der Waals surface area contributed by atoms with Gasteiger partial charge < -0.3 is 9.73 Å². The topological polar surface area (TPSA) is 97.7 Å². The standard InChI is InChI=1S/C20H11ClFN3O4S/c21-16-9-13(25(27)28)5-7-15(16)17-8-6-14(29-17)10-18-19(26)24-20(30-18)23-12-3-1-11(22)2-4-12/h1-10H,(H,23,24,26)/b18-10+. The Balaban J connectivity index is 1.55. The fourth-order valence-electron chi connectivity index (χ4n) is 2.64. The number of carbonyl (C=O) groups excluding carboxylic acids is 1. The zero-order chi connectivity index (χ0) is 21.3. The number of carbonyl (C=O) groups is 1. The number of non-ortho nitro benzene ring substituents is 1. The first-order chi connectivity index (χ1) is 14.4. The third-order valence-corrected chi connectivity index (χ3v) is 5.26. The monoisotopic (exact) mass is 443 g/mol. The Morgan fingerprint density at radius 2 is 1.93 bits per heavy atom. The lowest BCUT2D eigenvalue weighted by Gasteiger charge is -2.00. The second kappa shape index (κ2) is 8.13. The Hall–Kier alpha value is -3.43. The highest BCUT2D eigenvalue weighted by molar-refractivity contribution is 8.18. The molecule has 2 heterocycles. The van der Waals surface area contributed by atoms with Gasteiger partial charge in [-0.3, -0.25) is 14.9 Å². The van der Waals surface area contributed by atoms with Crippen molar-refractivity contribution in [3.8, 4) is 11.3 Å². The predicted octanol–water partition coefficient (Wildman–Crippen LogP) is 5.54. The Morgan fingerprint density at radius 1 is 1.17 bits per heavy atom. The van der Waals surface area contributed by atoms with Gasteiger partial charge in [0.15, 0.2) is 5.17 Å². The van der Waals surface area contributed by atoms with Crippen LogP contribution >= 0.6 is 23.4 Å². The van der Waals surface area contributed by atoms with E-state index in [9.17, 15) is 19.3 Å². The fraction of sp³-hybridized carbons (Fsp3) is 0. The van der Waals surface area contributed by atoms with Crippen molar-refractivity contribution in [2.24, 2.45) is 4.99 Å². The van der Waals surface area contributed by atoms with Crippen LogP contribution in [0, 0.1) is 15.9 Å². The average Bonchev–Trinajstić information content (AvgIpc) is 3.30. The summed E-state index contributed by atoms with van der Waals surface area (Å²) >= 11 is 7.25. The second-order valence-electron chi connectivity index (χ2n) is 6.08. The number of amidine groups is 1. The molecule has 1 fully saturated rings. The SMILES string of the molecule is O=C1NC(=Nc2ccc(F)cc2)S/C1=C/c1ccc(-c2ccc([N+](=O)[O-])cc2Cl)o1. The molecule has 1 saturated heterocycles. The highest BCUT2D eigenvalue weighted by atomic mass is 35.5. The molecule has 0 radical (unpaired) electrons. The van der Waals surface area contributed by atoms with Gasteiger partial charge in [-0.1, -0.05) is 11.6 Å². The number of nitrogens with zero attached hydrogens (tertiary/aromatic N) is 2. The number of nitrogens with one attached hydrogen (secondary N) is 1. The summed E-state index contributed by atoms with van der Waals surface area (Å²) in [6.45, 7) is 0. The number of hydrogen-bond donors (Lipinski definition) is 1. The van der Waals surface area contributed by atoms with Gasteiger partial charge in [-0.05, 0) is 54.2 Å². The van der Waals surface area contributed by atoms with Gasteiger partial charge in [0.25, 0.3) is 11.6 Å². The van der Waals surface area contributed by atoms with E-state index in [1.807, 2.05) is 0 Å². The Morgan fingerprint density at radius 3 is 2.63 bits per heavy atom. The third-order valence-electron chi connectivity index (χ3n) is 4.04. The number of nitro groups is 1. The van der Waals surface area contributed by atoms with Gasteiger partial charge >= 0.3 is 0 Å². The first kappa shape index (κ1) is 19.9. The average molecular weight is 444 g/mol. The highest BCUT2D eigenvalue weighted by Crippen LogP contribution is 2.34. The molecule has 2 aromatic carbocycles. The maximum atomic E-state index is 13.0. The summed E-state index contributed by atoms with van der Waals surface area (Å²) in [6, 6.07) is 13.0. The first-order valence-corrected chi connectivity index (χ1v) is 9.68. The normalized spacial score (nSPS) is 16.3. The third kappa shape index (κ3) is 4.27. The van der Waals surface area contributed by atoms with Crippen LogP contribution in [0.1, 0.15) is 5.76 Å². The zero-order valence-electron chi connectivity index (χ0n) is 15.0. The van der Waals surface area contributed by atoms with Crippen molar-refractivity contribution in [3.63, 3.8) is 0 Å². The number of nitro benzene ring substituents is 1. The minimum Gasteiger partial charge on any atom is -0.457 e. The van der Waals surface area contributed by atoms with E-state index < -0.39 is 4.92 Å². The number of aliphatic imine (C=N–C) groups is 1. The van der Waals surface area contributed by atoms with E-state index in [1.54, 1.807) is 18.2 Å². The van der Waals surface area contributed by atoms with Crippen molar-refractivity contribution < 1.29 is 18.5 Å². The number of furan rings is 1. The second-order valence-corrected chi connectivity index (χ2v) is 7.52. The number of halogens is 2. The fourth-order valence-corrected chi connectivity index (χ4v) is 3.72. The van der Waals surface area contributed by atoms with Crippen molar-refractivity contribution in [1.29, 1.82) is 0 Å². The Kier molecular flexibility index (Phi) is 5.39. The van der Waals surface area contributed by atoms with Crippen molar-refractivity contribution in [1.82, 2.24) is 5.32 Å². The molecule has 3 aromatic rings. The van der Waals surface area contributed by atoms with Crippen LogP contribution < -0.4 is 5.32 Å². The summed E-state index contributed by atoms with van der Waals surface area (Å²) in [4.78, 5) is 27.1. The molecular formula is C20H11ClFN3O4S. The number of amides is 1. The molecule has 1 aromatic heterocycles. The van der Waals surface area contributed by atoms with Crippen molar-refractivity contribution in [2.45, 2.75) is 0 Å². The smallest absolute Gasteiger partial charge is 0.270 e. The van der Waals surface area contributed by atoms with Crippen LogP contribution in [0.5, 0.6) is 0 Å². The van der Waals surface area contributed by atoms with Crippen LogP contribution in [0.15, 0.2) is 68.9 Å². The van der Waals surface area contributed by atoms with E-state index in [0.717, 1.165) is 11.8 Å². The van der Waals surface area contributed by atoms with Gasteiger partial charge in [0.05, 0.1) is 20.5 Å². The quantitative estimate of drug-likeness (QED) is 0.324. The van der Waals surface area contributed by atoms with Crippen molar-refractivity contribution in [3.05, 3.63) is 86.2 Å². The largest absolute Gasteiger partial charge is 0.457 e. The minimum absolute atomic E-state index is 0.121. The molecule has 1 amide bonds. The van der Waals surface area contributed by atoms with E-state index in [1.165, 1.54) is 42.5 Å². The summed E-state index contributed by atoms with van der Waals surface area (Å²) in [5.41, 5.74) is 0.882. The number of benzene rings is 2. The molecule has 0 aliphatic carbocycles. The van der Waals surface area contributed by atoms with Gasteiger partial charge in [-0.15, -0.1) is 0 Å². The number of rotatable bonds is 4. The molecule has 1 aliphatic rings. The van der Waals surface area contributed by atoms with Crippen LogP contribution in [0.4, 0.5) is 15.8 Å². The van der Waals surface area contributed by atoms with E-state index in [0.29, 0.717) is 32.8 Å². The molecule has 30 heavy (non-hydrogen) atoms. The summed E-state index contributed by atoms with van der Waals surface area (Å²) in [7, 11) is 0. The van der Waals surface area contributed by atoms with Gasteiger partial charge in [-0.25, -0.2) is 9.38 Å². The molecule has 4 rings (SSSR count). The maximum absolute atomic E-state index is 13.0. The van der Waals surface area contributed by atoms with Crippen LogP contribution in [0.25, 0.3) is 17.4 Å². The van der Waals surface area contributed by atoms with E-state index in [4.69, 9.17) is 16.0 Å². The molecule has 0 saturated carbocycles. The molecule has 10 heteroatoms. The predicted molar refractivity (Wildman–Crippen MR) is 113 cm³/mol.